The van der Waals surface area contributed by atoms with Crippen molar-refractivity contribution < 1.29 is 13.9 Å². The molecular weight excluding hydrogens is 303 g/mol. The van der Waals surface area contributed by atoms with Gasteiger partial charge in [-0.25, -0.2) is 4.39 Å². The van der Waals surface area contributed by atoms with Gasteiger partial charge in [-0.05, 0) is 66.8 Å². The number of ether oxygens (including phenoxy) is 2. The second-order valence-electron chi connectivity index (χ2n) is 6.99. The second kappa shape index (κ2) is 5.80. The van der Waals surface area contributed by atoms with Crippen LogP contribution in [-0.2, 0) is 5.41 Å². The first-order chi connectivity index (χ1) is 11.7. The minimum Gasteiger partial charge on any atom is -0.497 e. The average molecular weight is 326 g/mol. The molecule has 0 N–H and O–H groups in total. The summed E-state index contributed by atoms with van der Waals surface area (Å²) in [6, 6.07) is 13.6. The van der Waals surface area contributed by atoms with Gasteiger partial charge in [0.2, 0.25) is 0 Å². The summed E-state index contributed by atoms with van der Waals surface area (Å²) in [5.74, 6) is 2.29. The molecule has 0 radical (unpaired) electrons. The van der Waals surface area contributed by atoms with Gasteiger partial charge in [0.1, 0.15) is 17.3 Å². The lowest BCUT2D eigenvalue weighted by molar-refractivity contribution is 0.366. The summed E-state index contributed by atoms with van der Waals surface area (Å²) >= 11 is 0. The Bertz CT molecular complexity index is 718. The van der Waals surface area contributed by atoms with Crippen LogP contribution in [0.3, 0.4) is 0 Å². The zero-order chi connectivity index (χ0) is 16.7. The van der Waals surface area contributed by atoms with E-state index in [2.05, 4.69) is 12.1 Å². The van der Waals surface area contributed by atoms with Gasteiger partial charge in [-0.1, -0.05) is 18.2 Å². The van der Waals surface area contributed by atoms with Crippen molar-refractivity contribution in [3.63, 3.8) is 0 Å². The van der Waals surface area contributed by atoms with Crippen LogP contribution in [-0.4, -0.2) is 14.2 Å². The molecule has 2 aliphatic rings. The quantitative estimate of drug-likeness (QED) is 0.791. The molecule has 2 saturated carbocycles. The molecule has 2 aliphatic carbocycles. The van der Waals surface area contributed by atoms with Gasteiger partial charge in [-0.15, -0.1) is 0 Å². The van der Waals surface area contributed by atoms with Crippen molar-refractivity contribution in [3.05, 3.63) is 59.4 Å². The summed E-state index contributed by atoms with van der Waals surface area (Å²) in [6.07, 6.45) is 4.73. The summed E-state index contributed by atoms with van der Waals surface area (Å²) < 4.78 is 25.5. The highest BCUT2D eigenvalue weighted by Crippen LogP contribution is 2.62. The molecule has 0 heterocycles. The van der Waals surface area contributed by atoms with Crippen LogP contribution in [0.25, 0.3) is 0 Å². The van der Waals surface area contributed by atoms with Crippen LogP contribution in [0, 0.1) is 17.7 Å². The van der Waals surface area contributed by atoms with Crippen molar-refractivity contribution in [1.29, 1.82) is 0 Å². The molecule has 0 aliphatic heterocycles. The molecule has 2 fully saturated rings. The van der Waals surface area contributed by atoms with Crippen LogP contribution >= 0.6 is 0 Å². The van der Waals surface area contributed by atoms with E-state index in [1.165, 1.54) is 37.3 Å². The Morgan fingerprint density at radius 1 is 0.833 bits per heavy atom. The fourth-order valence-corrected chi connectivity index (χ4v) is 5.23. The SMILES string of the molecule is COc1ccc(C2(c3ccc(OC)cc3F)C3CCC2CC3)cc1. The van der Waals surface area contributed by atoms with Gasteiger partial charge in [0.05, 0.1) is 14.2 Å². The fourth-order valence-electron chi connectivity index (χ4n) is 5.23. The van der Waals surface area contributed by atoms with E-state index in [-0.39, 0.29) is 11.2 Å². The van der Waals surface area contributed by atoms with Gasteiger partial charge < -0.3 is 9.47 Å². The molecular formula is C21H23FO2. The molecule has 2 nitrogen and oxygen atoms in total. The lowest BCUT2D eigenvalue weighted by Gasteiger charge is -2.36. The summed E-state index contributed by atoms with van der Waals surface area (Å²) in [6.45, 7) is 0. The largest absolute Gasteiger partial charge is 0.497 e. The lowest BCUT2D eigenvalue weighted by Crippen LogP contribution is -2.34. The first-order valence-corrected chi connectivity index (χ1v) is 8.68. The minimum absolute atomic E-state index is 0.149. The normalized spacial score (nSPS) is 28.1. The Kier molecular flexibility index (Phi) is 3.75. The number of methoxy groups -OCH3 is 2. The third-order valence-electron chi connectivity index (χ3n) is 6.20. The van der Waals surface area contributed by atoms with Gasteiger partial charge in [0.15, 0.2) is 0 Å². The molecule has 0 atom stereocenters. The van der Waals surface area contributed by atoms with E-state index in [4.69, 9.17) is 9.47 Å². The highest BCUT2D eigenvalue weighted by Gasteiger charge is 2.57. The van der Waals surface area contributed by atoms with Crippen LogP contribution in [0.2, 0.25) is 0 Å². The maximum atomic E-state index is 15.0. The Labute approximate surface area is 142 Å². The van der Waals surface area contributed by atoms with E-state index in [9.17, 15) is 0 Å². The van der Waals surface area contributed by atoms with Gasteiger partial charge in [0.25, 0.3) is 0 Å². The summed E-state index contributed by atoms with van der Waals surface area (Å²) in [5.41, 5.74) is 1.85. The first-order valence-electron chi connectivity index (χ1n) is 8.68. The molecule has 2 aromatic carbocycles. The smallest absolute Gasteiger partial charge is 0.131 e. The molecule has 0 amide bonds. The Hall–Kier alpha value is -2.03. The number of benzene rings is 2. The van der Waals surface area contributed by atoms with E-state index >= 15 is 4.39 Å². The van der Waals surface area contributed by atoms with Crippen LogP contribution in [0.5, 0.6) is 11.5 Å². The van der Waals surface area contributed by atoms with Crippen molar-refractivity contribution in [2.24, 2.45) is 11.8 Å². The van der Waals surface area contributed by atoms with E-state index in [0.29, 0.717) is 17.6 Å². The van der Waals surface area contributed by atoms with E-state index in [0.717, 1.165) is 11.3 Å². The van der Waals surface area contributed by atoms with Crippen molar-refractivity contribution in [1.82, 2.24) is 0 Å². The lowest BCUT2D eigenvalue weighted by atomic mass is 9.66. The molecule has 0 unspecified atom stereocenters. The van der Waals surface area contributed by atoms with Gasteiger partial charge in [0, 0.05) is 11.5 Å². The van der Waals surface area contributed by atoms with E-state index in [1.54, 1.807) is 14.2 Å². The predicted molar refractivity (Wildman–Crippen MR) is 92.2 cm³/mol. The molecule has 0 saturated heterocycles. The monoisotopic (exact) mass is 326 g/mol. The Balaban J connectivity index is 1.89. The molecule has 3 heteroatoms. The molecule has 126 valence electrons. The van der Waals surface area contributed by atoms with Gasteiger partial charge in [-0.3, -0.25) is 0 Å². The molecule has 0 aromatic heterocycles. The third kappa shape index (κ3) is 2.07. The van der Waals surface area contributed by atoms with E-state index < -0.39 is 0 Å². The van der Waals surface area contributed by atoms with Gasteiger partial charge in [-0.2, -0.15) is 0 Å². The summed E-state index contributed by atoms with van der Waals surface area (Å²) in [4.78, 5) is 0. The highest BCUT2D eigenvalue weighted by atomic mass is 19.1. The van der Waals surface area contributed by atoms with Crippen LogP contribution in [0.1, 0.15) is 36.8 Å². The summed E-state index contributed by atoms with van der Waals surface area (Å²) in [5, 5.41) is 0. The van der Waals surface area contributed by atoms with Crippen LogP contribution < -0.4 is 9.47 Å². The third-order valence-corrected chi connectivity index (χ3v) is 6.20. The van der Waals surface area contributed by atoms with Crippen LogP contribution in [0.15, 0.2) is 42.5 Å². The first kappa shape index (κ1) is 15.5. The molecule has 0 spiro atoms. The molecule has 4 rings (SSSR count). The number of fused-ring (bicyclic) bond motifs is 2. The highest BCUT2D eigenvalue weighted by molar-refractivity contribution is 5.48. The minimum atomic E-state index is -0.206. The van der Waals surface area contributed by atoms with Crippen molar-refractivity contribution >= 4 is 0 Å². The maximum Gasteiger partial charge on any atom is 0.131 e. The zero-order valence-electron chi connectivity index (χ0n) is 14.2. The van der Waals surface area contributed by atoms with Crippen molar-refractivity contribution in [3.8, 4) is 11.5 Å². The fraction of sp³-hybridized carbons (Fsp3) is 0.429. The Morgan fingerprint density at radius 2 is 1.38 bits per heavy atom. The standard InChI is InChI=1S/C21H23FO2/c1-23-17-9-7-16(8-10-17)21(14-3-4-15(21)6-5-14)19-12-11-18(24-2)13-20(19)22/h7-15H,3-6H2,1-2H3. The average Bonchev–Trinajstić information content (AvgIpc) is 3.17. The summed E-state index contributed by atoms with van der Waals surface area (Å²) in [7, 11) is 3.25. The van der Waals surface area contributed by atoms with Gasteiger partial charge >= 0.3 is 0 Å². The topological polar surface area (TPSA) is 18.5 Å². The van der Waals surface area contributed by atoms with Crippen molar-refractivity contribution in [2.75, 3.05) is 14.2 Å². The van der Waals surface area contributed by atoms with Crippen molar-refractivity contribution in [2.45, 2.75) is 31.1 Å². The number of rotatable bonds is 4. The maximum absolute atomic E-state index is 15.0. The number of hydrogen-bond donors (Lipinski definition) is 0. The number of hydrogen-bond acceptors (Lipinski definition) is 2. The zero-order valence-corrected chi connectivity index (χ0v) is 14.2. The molecule has 2 aromatic rings. The number of halogens is 1. The van der Waals surface area contributed by atoms with Crippen LogP contribution in [0.4, 0.5) is 4.39 Å². The Morgan fingerprint density at radius 3 is 1.88 bits per heavy atom. The molecule has 24 heavy (non-hydrogen) atoms. The molecule has 2 bridgehead atoms. The van der Waals surface area contributed by atoms with E-state index in [1.807, 2.05) is 24.3 Å². The predicted octanol–water partition coefficient (Wildman–Crippen LogP) is 4.95. The second-order valence-corrected chi connectivity index (χ2v) is 6.99.